The van der Waals surface area contributed by atoms with E-state index in [0.29, 0.717) is 30.1 Å². The molecule has 0 radical (unpaired) electrons. The third-order valence-corrected chi connectivity index (χ3v) is 4.68. The second kappa shape index (κ2) is 8.53. The molecule has 0 unspecified atom stereocenters. The molecule has 0 saturated heterocycles. The summed E-state index contributed by atoms with van der Waals surface area (Å²) in [5, 5.41) is 15.8. The van der Waals surface area contributed by atoms with Crippen molar-refractivity contribution in [2.45, 2.75) is 13.5 Å². The fourth-order valence-corrected chi connectivity index (χ4v) is 3.31. The average molecular weight is 407 g/mol. The molecule has 1 aromatic carbocycles. The lowest BCUT2D eigenvalue weighted by atomic mass is 10.3. The predicted octanol–water partition coefficient (Wildman–Crippen LogP) is 4.47. The number of amides is 1. The van der Waals surface area contributed by atoms with Crippen molar-refractivity contribution in [1.82, 2.24) is 15.2 Å². The van der Waals surface area contributed by atoms with Gasteiger partial charge in [0.15, 0.2) is 0 Å². The van der Waals surface area contributed by atoms with E-state index in [4.69, 9.17) is 9.15 Å². The molecule has 0 bridgehead atoms. The highest BCUT2D eigenvalue weighted by Crippen LogP contribution is 2.36. The number of carbonyl (C=O) groups excluding carboxylic acids is 1. The molecule has 1 amide bonds. The Morgan fingerprint density at radius 3 is 2.86 bits per heavy atom. The van der Waals surface area contributed by atoms with E-state index in [-0.39, 0.29) is 5.91 Å². The van der Waals surface area contributed by atoms with Crippen LogP contribution in [0.5, 0.6) is 5.75 Å². The molecule has 3 heterocycles. The van der Waals surface area contributed by atoms with E-state index in [2.05, 4.69) is 25.8 Å². The molecule has 0 aliphatic rings. The third kappa shape index (κ3) is 4.77. The Balaban J connectivity index is 1.45. The van der Waals surface area contributed by atoms with Gasteiger partial charge in [-0.3, -0.25) is 4.79 Å². The SMILES string of the molecule is CC(=O)Nc1cc(COc2ccsc2-c2nnc(Nc3ccccc3)o2)ccn1. The summed E-state index contributed by atoms with van der Waals surface area (Å²) in [5.74, 6) is 1.33. The molecule has 0 atom stereocenters. The van der Waals surface area contributed by atoms with E-state index in [1.807, 2.05) is 47.8 Å². The van der Waals surface area contributed by atoms with E-state index < -0.39 is 0 Å². The molecule has 8 nitrogen and oxygen atoms in total. The van der Waals surface area contributed by atoms with Gasteiger partial charge in [0.1, 0.15) is 23.1 Å². The summed E-state index contributed by atoms with van der Waals surface area (Å²) in [6, 6.07) is 15.3. The molecule has 146 valence electrons. The minimum Gasteiger partial charge on any atom is -0.487 e. The molecule has 0 saturated carbocycles. The van der Waals surface area contributed by atoms with E-state index >= 15 is 0 Å². The Morgan fingerprint density at radius 2 is 2.03 bits per heavy atom. The number of hydrogen-bond acceptors (Lipinski definition) is 8. The van der Waals surface area contributed by atoms with Crippen LogP contribution in [0.1, 0.15) is 12.5 Å². The average Bonchev–Trinajstić information content (AvgIpc) is 3.36. The van der Waals surface area contributed by atoms with Gasteiger partial charge in [0.05, 0.1) is 0 Å². The maximum atomic E-state index is 11.2. The van der Waals surface area contributed by atoms with Crippen molar-refractivity contribution in [3.8, 4) is 16.5 Å². The Labute approximate surface area is 170 Å². The third-order valence-electron chi connectivity index (χ3n) is 3.80. The van der Waals surface area contributed by atoms with Crippen molar-refractivity contribution < 1.29 is 13.9 Å². The van der Waals surface area contributed by atoms with Crippen LogP contribution in [0.3, 0.4) is 0 Å². The van der Waals surface area contributed by atoms with Crippen molar-refractivity contribution in [3.05, 3.63) is 65.7 Å². The van der Waals surface area contributed by atoms with Crippen LogP contribution in [0.15, 0.2) is 64.5 Å². The van der Waals surface area contributed by atoms with Gasteiger partial charge in [0, 0.05) is 18.8 Å². The highest BCUT2D eigenvalue weighted by molar-refractivity contribution is 7.13. The number of hydrogen-bond donors (Lipinski definition) is 2. The quantitative estimate of drug-likeness (QED) is 0.466. The van der Waals surface area contributed by atoms with E-state index in [1.54, 1.807) is 12.3 Å². The van der Waals surface area contributed by atoms with Gasteiger partial charge in [-0.25, -0.2) is 4.98 Å². The first kappa shape index (κ1) is 18.6. The number of nitrogens with zero attached hydrogens (tertiary/aromatic N) is 3. The van der Waals surface area contributed by atoms with Gasteiger partial charge in [0.25, 0.3) is 5.89 Å². The van der Waals surface area contributed by atoms with Crippen LogP contribution in [-0.4, -0.2) is 21.1 Å². The molecule has 4 rings (SSSR count). The first-order valence-corrected chi connectivity index (χ1v) is 9.64. The number of carbonyl (C=O) groups is 1. The van der Waals surface area contributed by atoms with Crippen LogP contribution >= 0.6 is 11.3 Å². The zero-order valence-corrected chi connectivity index (χ0v) is 16.3. The van der Waals surface area contributed by atoms with Crippen LogP contribution in [-0.2, 0) is 11.4 Å². The number of rotatable bonds is 7. The van der Waals surface area contributed by atoms with Crippen molar-refractivity contribution in [2.75, 3.05) is 10.6 Å². The minimum absolute atomic E-state index is 0.174. The van der Waals surface area contributed by atoms with Crippen LogP contribution in [0.4, 0.5) is 17.5 Å². The highest BCUT2D eigenvalue weighted by Gasteiger charge is 2.16. The summed E-state index contributed by atoms with van der Waals surface area (Å²) in [6.45, 7) is 1.75. The van der Waals surface area contributed by atoms with E-state index in [0.717, 1.165) is 16.1 Å². The molecular weight excluding hydrogens is 390 g/mol. The molecule has 4 aromatic rings. The van der Waals surface area contributed by atoms with Crippen LogP contribution in [0.2, 0.25) is 0 Å². The number of benzene rings is 1. The summed E-state index contributed by atoms with van der Waals surface area (Å²) >= 11 is 1.45. The lowest BCUT2D eigenvalue weighted by Crippen LogP contribution is -2.08. The largest absolute Gasteiger partial charge is 0.487 e. The number of ether oxygens (including phenoxy) is 1. The molecular formula is C20H17N5O3S. The van der Waals surface area contributed by atoms with Gasteiger partial charge in [0.2, 0.25) is 5.91 Å². The van der Waals surface area contributed by atoms with Crippen molar-refractivity contribution in [1.29, 1.82) is 0 Å². The van der Waals surface area contributed by atoms with Crippen molar-refractivity contribution in [3.63, 3.8) is 0 Å². The molecule has 0 aliphatic carbocycles. The van der Waals surface area contributed by atoms with Crippen molar-refractivity contribution in [2.24, 2.45) is 0 Å². The fraction of sp³-hybridized carbons (Fsp3) is 0.100. The summed E-state index contributed by atoms with van der Waals surface area (Å²) in [5.41, 5.74) is 1.73. The fourth-order valence-electron chi connectivity index (χ4n) is 2.55. The Bertz CT molecular complexity index is 1110. The molecule has 9 heteroatoms. The predicted molar refractivity (Wildman–Crippen MR) is 110 cm³/mol. The Kier molecular flexibility index (Phi) is 5.48. The van der Waals surface area contributed by atoms with E-state index in [9.17, 15) is 4.79 Å². The van der Waals surface area contributed by atoms with Gasteiger partial charge in [-0.2, -0.15) is 0 Å². The van der Waals surface area contributed by atoms with Gasteiger partial charge in [-0.15, -0.1) is 16.4 Å². The number of pyridine rings is 1. The maximum Gasteiger partial charge on any atom is 0.320 e. The van der Waals surface area contributed by atoms with Gasteiger partial charge >= 0.3 is 6.01 Å². The summed E-state index contributed by atoms with van der Waals surface area (Å²) in [7, 11) is 0. The highest BCUT2D eigenvalue weighted by atomic mass is 32.1. The van der Waals surface area contributed by atoms with Gasteiger partial charge < -0.3 is 19.8 Å². The Hall–Kier alpha value is -3.72. The lowest BCUT2D eigenvalue weighted by Gasteiger charge is -2.07. The van der Waals surface area contributed by atoms with Gasteiger partial charge in [-0.1, -0.05) is 23.3 Å². The van der Waals surface area contributed by atoms with Crippen molar-refractivity contribution >= 4 is 34.8 Å². The molecule has 0 aliphatic heterocycles. The first-order chi connectivity index (χ1) is 14.2. The lowest BCUT2D eigenvalue weighted by molar-refractivity contribution is -0.114. The normalized spacial score (nSPS) is 10.5. The number of thiophene rings is 1. The minimum atomic E-state index is -0.174. The molecule has 3 aromatic heterocycles. The van der Waals surface area contributed by atoms with Crippen LogP contribution < -0.4 is 15.4 Å². The van der Waals surface area contributed by atoms with Crippen LogP contribution in [0.25, 0.3) is 10.8 Å². The van der Waals surface area contributed by atoms with E-state index in [1.165, 1.54) is 18.3 Å². The molecule has 0 fully saturated rings. The maximum absolute atomic E-state index is 11.2. The number of anilines is 3. The van der Waals surface area contributed by atoms with Crippen LogP contribution in [0, 0.1) is 0 Å². The molecule has 29 heavy (non-hydrogen) atoms. The summed E-state index contributed by atoms with van der Waals surface area (Å²) in [6.07, 6.45) is 1.62. The second-order valence-electron chi connectivity index (χ2n) is 6.04. The summed E-state index contributed by atoms with van der Waals surface area (Å²) < 4.78 is 11.7. The second-order valence-corrected chi connectivity index (χ2v) is 6.95. The summed E-state index contributed by atoms with van der Waals surface area (Å²) in [4.78, 5) is 16.0. The zero-order chi connectivity index (χ0) is 20.1. The first-order valence-electron chi connectivity index (χ1n) is 8.76. The van der Waals surface area contributed by atoms with Gasteiger partial charge in [-0.05, 0) is 41.3 Å². The molecule has 0 spiro atoms. The topological polar surface area (TPSA) is 102 Å². The standard InChI is InChI=1S/C20H17N5O3S/c1-13(26)22-17-11-14(7-9-21-17)12-27-16-8-10-29-18(16)19-24-25-20(28-19)23-15-5-3-2-4-6-15/h2-11H,12H2,1H3,(H,23,25)(H,21,22,26). The Morgan fingerprint density at radius 1 is 1.17 bits per heavy atom. The monoisotopic (exact) mass is 407 g/mol. The zero-order valence-electron chi connectivity index (χ0n) is 15.5. The smallest absolute Gasteiger partial charge is 0.320 e. The molecule has 2 N–H and O–H groups in total. The number of para-hydroxylation sites is 1. The number of aromatic nitrogens is 3. The number of nitrogens with one attached hydrogen (secondary N) is 2.